The van der Waals surface area contributed by atoms with Gasteiger partial charge in [-0.2, -0.15) is 16.4 Å². The molecule has 0 unspecified atom stereocenters. The third-order valence-electron chi connectivity index (χ3n) is 5.57. The van der Waals surface area contributed by atoms with Gasteiger partial charge in [0.25, 0.3) is 0 Å². The second kappa shape index (κ2) is 6.36. The van der Waals surface area contributed by atoms with E-state index in [0.29, 0.717) is 0 Å². The lowest BCUT2D eigenvalue weighted by molar-refractivity contribution is 0.865. The molecule has 0 radical (unpaired) electrons. The van der Waals surface area contributed by atoms with Crippen molar-refractivity contribution in [1.29, 1.82) is 0 Å². The molecule has 6 aromatic heterocycles. The minimum absolute atomic E-state index is 0.752. The molecule has 0 aliphatic rings. The van der Waals surface area contributed by atoms with Crippen LogP contribution in [0.2, 0.25) is 0 Å². The van der Waals surface area contributed by atoms with E-state index in [-0.39, 0.29) is 0 Å². The summed E-state index contributed by atoms with van der Waals surface area (Å²) in [4.78, 5) is 16.9. The summed E-state index contributed by atoms with van der Waals surface area (Å²) in [7, 11) is 2.01. The Morgan fingerprint density at radius 3 is 2.73 bits per heavy atom. The van der Waals surface area contributed by atoms with Crippen molar-refractivity contribution in [2.24, 2.45) is 7.05 Å². The highest BCUT2D eigenvalue weighted by Crippen LogP contribution is 2.34. The second-order valence-electron chi connectivity index (χ2n) is 7.29. The molecule has 30 heavy (non-hydrogen) atoms. The average Bonchev–Trinajstić information content (AvgIpc) is 3.54. The lowest BCUT2D eigenvalue weighted by atomic mass is 10.1. The van der Waals surface area contributed by atoms with Gasteiger partial charge in [-0.3, -0.25) is 10.1 Å². The molecule has 0 spiro atoms. The third-order valence-corrected chi connectivity index (χ3v) is 6.25. The molecule has 0 amide bonds. The van der Waals surface area contributed by atoms with Gasteiger partial charge in [-0.15, -0.1) is 0 Å². The fraction of sp³-hybridized carbons (Fsp3) is 0.0909. The predicted molar refractivity (Wildman–Crippen MR) is 119 cm³/mol. The van der Waals surface area contributed by atoms with E-state index in [1.54, 1.807) is 11.3 Å². The summed E-state index contributed by atoms with van der Waals surface area (Å²) in [6, 6.07) is 6.37. The number of nitrogens with zero attached hydrogens (tertiary/aromatic N) is 5. The SMILES string of the molecule is Cc1ncc(-c2cnc3[nH]nc(-c4cc5c(-c6ccsc6)cncc5[nH]4)c3c2)n1C. The number of hydrogen-bond donors (Lipinski definition) is 2. The number of nitrogens with one attached hydrogen (secondary N) is 2. The molecule has 2 N–H and O–H groups in total. The number of imidazole rings is 1. The molecule has 0 atom stereocenters. The van der Waals surface area contributed by atoms with Crippen molar-refractivity contribution in [2.75, 3.05) is 0 Å². The number of rotatable bonds is 3. The van der Waals surface area contributed by atoms with Crippen LogP contribution >= 0.6 is 11.3 Å². The first kappa shape index (κ1) is 17.1. The molecule has 0 aromatic carbocycles. The highest BCUT2D eigenvalue weighted by atomic mass is 32.1. The van der Waals surface area contributed by atoms with E-state index in [4.69, 9.17) is 0 Å². The van der Waals surface area contributed by atoms with Crippen molar-refractivity contribution in [3.63, 3.8) is 0 Å². The van der Waals surface area contributed by atoms with Gasteiger partial charge in [-0.05, 0) is 41.4 Å². The topological polar surface area (TPSA) is 88.1 Å². The molecule has 0 saturated carbocycles. The van der Waals surface area contributed by atoms with Gasteiger partial charge >= 0.3 is 0 Å². The first-order valence-corrected chi connectivity index (χ1v) is 10.5. The molecule has 146 valence electrons. The molecule has 0 saturated heterocycles. The summed E-state index contributed by atoms with van der Waals surface area (Å²) in [6.45, 7) is 1.99. The maximum Gasteiger partial charge on any atom is 0.155 e. The van der Waals surface area contributed by atoms with Crippen molar-refractivity contribution >= 4 is 33.3 Å². The number of aromatic amines is 2. The molecule has 7 nitrogen and oxygen atoms in total. The lowest BCUT2D eigenvalue weighted by Gasteiger charge is -2.04. The normalized spacial score (nSPS) is 11.7. The van der Waals surface area contributed by atoms with Crippen molar-refractivity contribution in [3.8, 4) is 33.8 Å². The molecule has 8 heteroatoms. The number of fused-ring (bicyclic) bond motifs is 2. The minimum Gasteiger partial charge on any atom is -0.352 e. The van der Waals surface area contributed by atoms with E-state index < -0.39 is 0 Å². The summed E-state index contributed by atoms with van der Waals surface area (Å²) in [5.74, 6) is 0.960. The van der Waals surface area contributed by atoms with E-state index in [0.717, 1.165) is 56.0 Å². The first-order valence-electron chi connectivity index (χ1n) is 9.51. The molecule has 0 aliphatic carbocycles. The summed E-state index contributed by atoms with van der Waals surface area (Å²) in [5.41, 5.74) is 7.82. The van der Waals surface area contributed by atoms with Crippen molar-refractivity contribution < 1.29 is 0 Å². The minimum atomic E-state index is 0.752. The van der Waals surface area contributed by atoms with Crippen LogP contribution in [0.25, 0.3) is 55.7 Å². The highest BCUT2D eigenvalue weighted by molar-refractivity contribution is 7.08. The van der Waals surface area contributed by atoms with E-state index in [1.165, 1.54) is 5.56 Å². The van der Waals surface area contributed by atoms with Crippen LogP contribution in [0, 0.1) is 6.92 Å². The number of aryl methyl sites for hydroxylation is 1. The Labute approximate surface area is 175 Å². The van der Waals surface area contributed by atoms with Gasteiger partial charge in [0.1, 0.15) is 11.5 Å². The zero-order valence-electron chi connectivity index (χ0n) is 16.3. The smallest absolute Gasteiger partial charge is 0.155 e. The van der Waals surface area contributed by atoms with E-state index >= 15 is 0 Å². The van der Waals surface area contributed by atoms with Gasteiger partial charge in [-0.1, -0.05) is 0 Å². The molecule has 0 bridgehead atoms. The maximum atomic E-state index is 4.58. The summed E-state index contributed by atoms with van der Waals surface area (Å²) >= 11 is 1.68. The number of aromatic nitrogens is 7. The van der Waals surface area contributed by atoms with Gasteiger partial charge in [0.15, 0.2) is 5.65 Å². The Balaban J connectivity index is 1.53. The Hall–Kier alpha value is -3.78. The molecule has 0 fully saturated rings. The third kappa shape index (κ3) is 2.50. The summed E-state index contributed by atoms with van der Waals surface area (Å²) in [6.07, 6.45) is 7.49. The molecular weight excluding hydrogens is 394 g/mol. The number of H-pyrrole nitrogens is 2. The Bertz CT molecular complexity index is 1520. The van der Waals surface area contributed by atoms with Gasteiger partial charge in [-0.25, -0.2) is 9.97 Å². The molecule has 6 heterocycles. The van der Waals surface area contributed by atoms with Crippen LogP contribution in [0.4, 0.5) is 0 Å². The van der Waals surface area contributed by atoms with Gasteiger partial charge in [0.05, 0.1) is 29.3 Å². The van der Waals surface area contributed by atoms with Crippen LogP contribution in [-0.4, -0.2) is 34.7 Å². The summed E-state index contributed by atoms with van der Waals surface area (Å²) in [5, 5.41) is 13.9. The van der Waals surface area contributed by atoms with Crippen LogP contribution in [0.1, 0.15) is 5.82 Å². The quantitative estimate of drug-likeness (QED) is 0.432. The molecule has 6 rings (SSSR count). The van der Waals surface area contributed by atoms with Gasteiger partial charge < -0.3 is 9.55 Å². The van der Waals surface area contributed by atoms with E-state index in [9.17, 15) is 0 Å². The fourth-order valence-electron chi connectivity index (χ4n) is 3.85. The fourth-order valence-corrected chi connectivity index (χ4v) is 4.50. The second-order valence-corrected chi connectivity index (χ2v) is 8.07. The lowest BCUT2D eigenvalue weighted by Crippen LogP contribution is -1.94. The Morgan fingerprint density at radius 2 is 1.93 bits per heavy atom. The van der Waals surface area contributed by atoms with E-state index in [2.05, 4.69) is 63.7 Å². The summed E-state index contributed by atoms with van der Waals surface area (Å²) < 4.78 is 2.06. The largest absolute Gasteiger partial charge is 0.352 e. The maximum absolute atomic E-state index is 4.58. The zero-order chi connectivity index (χ0) is 20.2. The molecule has 6 aromatic rings. The first-order chi connectivity index (χ1) is 14.7. The number of pyridine rings is 2. The number of thiophene rings is 1. The van der Waals surface area contributed by atoms with Crippen LogP contribution < -0.4 is 0 Å². The Morgan fingerprint density at radius 1 is 1.00 bits per heavy atom. The molecule has 0 aliphatic heterocycles. The average molecular weight is 411 g/mol. The Kier molecular flexibility index (Phi) is 3.63. The van der Waals surface area contributed by atoms with Gasteiger partial charge in [0, 0.05) is 41.3 Å². The monoisotopic (exact) mass is 411 g/mol. The van der Waals surface area contributed by atoms with Crippen molar-refractivity contribution in [1.82, 2.24) is 34.7 Å². The van der Waals surface area contributed by atoms with Crippen molar-refractivity contribution in [2.45, 2.75) is 6.92 Å². The molecular formula is C22H17N7S. The predicted octanol–water partition coefficient (Wildman–Crippen LogP) is 4.94. The highest BCUT2D eigenvalue weighted by Gasteiger charge is 2.16. The van der Waals surface area contributed by atoms with Crippen LogP contribution in [-0.2, 0) is 7.05 Å². The number of hydrogen-bond acceptors (Lipinski definition) is 5. The standard InChI is InChI=1S/C22H17N7S/c1-12-24-10-20(29(12)2)14-5-16-21(27-28-22(16)25-7-14)18-6-15-17(13-3-4-30-11-13)8-23-9-19(15)26-18/h3-11,26H,1-2H3,(H,25,27,28). The van der Waals surface area contributed by atoms with Gasteiger partial charge in [0.2, 0.25) is 0 Å². The van der Waals surface area contributed by atoms with Crippen LogP contribution in [0.5, 0.6) is 0 Å². The van der Waals surface area contributed by atoms with Crippen LogP contribution in [0.15, 0.2) is 53.7 Å². The zero-order valence-corrected chi connectivity index (χ0v) is 17.2. The van der Waals surface area contributed by atoms with Crippen LogP contribution in [0.3, 0.4) is 0 Å². The van der Waals surface area contributed by atoms with Crippen molar-refractivity contribution in [3.05, 3.63) is 59.6 Å². The van der Waals surface area contributed by atoms with E-state index in [1.807, 2.05) is 38.8 Å².